The standard InChI is InChI=1S/C23H26N6O/c1-3-17-11-20-21(26-23(17)30)10-16(13-24-20)14-28-6-8-29(9-7-28)18-4-5-19-22(12-18)27(2)15-25-19/h4-5,10-13,15H,3,6-9,14H2,1-2H3,(H,26,30). The number of piperazine rings is 1. The minimum absolute atomic E-state index is 0.0112. The molecular formula is C23H26N6O. The molecule has 1 fully saturated rings. The van der Waals surface area contributed by atoms with Crippen molar-refractivity contribution in [2.75, 3.05) is 31.1 Å². The van der Waals surface area contributed by atoms with Crippen LogP contribution in [0.1, 0.15) is 18.1 Å². The van der Waals surface area contributed by atoms with Crippen LogP contribution in [0.2, 0.25) is 0 Å². The number of nitrogens with one attached hydrogen (secondary N) is 1. The van der Waals surface area contributed by atoms with Crippen molar-refractivity contribution in [1.29, 1.82) is 0 Å². The molecule has 0 bridgehead atoms. The molecule has 0 aliphatic carbocycles. The average molecular weight is 403 g/mol. The van der Waals surface area contributed by atoms with E-state index in [0.717, 1.165) is 65.9 Å². The van der Waals surface area contributed by atoms with Crippen LogP contribution in [0.4, 0.5) is 5.69 Å². The molecule has 1 N–H and O–H groups in total. The smallest absolute Gasteiger partial charge is 0.251 e. The molecule has 0 amide bonds. The molecule has 5 rings (SSSR count). The van der Waals surface area contributed by atoms with Crippen LogP contribution in [0, 0.1) is 0 Å². The van der Waals surface area contributed by atoms with Crippen molar-refractivity contribution in [3.63, 3.8) is 0 Å². The van der Waals surface area contributed by atoms with Gasteiger partial charge in [0.25, 0.3) is 5.56 Å². The Bertz CT molecular complexity index is 1270. The Morgan fingerprint density at radius 2 is 1.87 bits per heavy atom. The van der Waals surface area contributed by atoms with Gasteiger partial charge in [0.15, 0.2) is 0 Å². The number of anilines is 1. The number of H-pyrrole nitrogens is 1. The van der Waals surface area contributed by atoms with Crippen molar-refractivity contribution in [3.05, 3.63) is 64.3 Å². The molecule has 0 unspecified atom stereocenters. The van der Waals surface area contributed by atoms with Gasteiger partial charge in [-0.2, -0.15) is 0 Å². The summed E-state index contributed by atoms with van der Waals surface area (Å²) in [7, 11) is 2.03. The first kappa shape index (κ1) is 18.8. The number of imidazole rings is 1. The first-order chi connectivity index (χ1) is 14.6. The molecule has 7 heteroatoms. The number of nitrogens with zero attached hydrogens (tertiary/aromatic N) is 5. The Labute approximate surface area is 175 Å². The number of hydrogen-bond donors (Lipinski definition) is 1. The minimum atomic E-state index is -0.0112. The summed E-state index contributed by atoms with van der Waals surface area (Å²) in [5, 5.41) is 0. The number of aromatic amines is 1. The van der Waals surface area contributed by atoms with E-state index in [1.54, 1.807) is 0 Å². The Balaban J connectivity index is 1.27. The van der Waals surface area contributed by atoms with Gasteiger partial charge in [-0.15, -0.1) is 0 Å². The van der Waals surface area contributed by atoms with Gasteiger partial charge in [-0.1, -0.05) is 6.92 Å². The maximum atomic E-state index is 12.1. The summed E-state index contributed by atoms with van der Waals surface area (Å²) < 4.78 is 2.07. The molecule has 1 aliphatic heterocycles. The van der Waals surface area contributed by atoms with Gasteiger partial charge in [0.2, 0.25) is 0 Å². The lowest BCUT2D eigenvalue weighted by Crippen LogP contribution is -2.46. The number of aromatic nitrogens is 4. The van der Waals surface area contributed by atoms with E-state index in [-0.39, 0.29) is 5.56 Å². The molecule has 1 aromatic carbocycles. The molecule has 0 radical (unpaired) electrons. The Hall–Kier alpha value is -3.19. The van der Waals surface area contributed by atoms with Crippen molar-refractivity contribution in [1.82, 2.24) is 24.4 Å². The first-order valence-corrected chi connectivity index (χ1v) is 10.5. The van der Waals surface area contributed by atoms with Crippen molar-refractivity contribution in [3.8, 4) is 0 Å². The van der Waals surface area contributed by atoms with E-state index in [1.165, 1.54) is 5.69 Å². The lowest BCUT2D eigenvalue weighted by molar-refractivity contribution is 0.250. The number of rotatable bonds is 4. The molecule has 0 atom stereocenters. The highest BCUT2D eigenvalue weighted by Gasteiger charge is 2.18. The molecule has 0 spiro atoms. The lowest BCUT2D eigenvalue weighted by Gasteiger charge is -2.36. The van der Waals surface area contributed by atoms with Crippen molar-refractivity contribution >= 4 is 27.8 Å². The van der Waals surface area contributed by atoms with Crippen LogP contribution in [0.25, 0.3) is 22.1 Å². The lowest BCUT2D eigenvalue weighted by atomic mass is 10.1. The van der Waals surface area contributed by atoms with Crippen LogP contribution in [0.15, 0.2) is 47.7 Å². The highest BCUT2D eigenvalue weighted by atomic mass is 16.1. The van der Waals surface area contributed by atoms with Crippen LogP contribution in [-0.4, -0.2) is 50.6 Å². The molecule has 4 heterocycles. The van der Waals surface area contributed by atoms with E-state index >= 15 is 0 Å². The number of fused-ring (bicyclic) bond motifs is 2. The zero-order chi connectivity index (χ0) is 20.7. The Kier molecular flexibility index (Phi) is 4.75. The van der Waals surface area contributed by atoms with E-state index < -0.39 is 0 Å². The second kappa shape index (κ2) is 7.57. The number of benzene rings is 1. The Morgan fingerprint density at radius 3 is 2.67 bits per heavy atom. The summed E-state index contributed by atoms with van der Waals surface area (Å²) in [6.07, 6.45) is 4.51. The van der Waals surface area contributed by atoms with Gasteiger partial charge in [0.05, 0.1) is 28.4 Å². The van der Waals surface area contributed by atoms with Gasteiger partial charge in [-0.3, -0.25) is 14.7 Å². The van der Waals surface area contributed by atoms with Crippen LogP contribution in [0.3, 0.4) is 0 Å². The third kappa shape index (κ3) is 3.45. The van der Waals surface area contributed by atoms with E-state index in [2.05, 4.69) is 53.6 Å². The monoisotopic (exact) mass is 402 g/mol. The summed E-state index contributed by atoms with van der Waals surface area (Å²) in [5.74, 6) is 0. The second-order valence-corrected chi connectivity index (χ2v) is 8.05. The predicted molar refractivity (Wildman–Crippen MR) is 120 cm³/mol. The summed E-state index contributed by atoms with van der Waals surface area (Å²) >= 11 is 0. The molecule has 4 aromatic rings. The largest absolute Gasteiger partial charge is 0.369 e. The fraction of sp³-hybridized carbons (Fsp3) is 0.348. The van der Waals surface area contributed by atoms with Crippen LogP contribution in [0.5, 0.6) is 0 Å². The zero-order valence-corrected chi connectivity index (χ0v) is 17.4. The van der Waals surface area contributed by atoms with Crippen LogP contribution >= 0.6 is 0 Å². The minimum Gasteiger partial charge on any atom is -0.369 e. The summed E-state index contributed by atoms with van der Waals surface area (Å²) in [6.45, 7) is 6.79. The zero-order valence-electron chi connectivity index (χ0n) is 17.4. The fourth-order valence-electron chi connectivity index (χ4n) is 4.25. The van der Waals surface area contributed by atoms with Crippen LogP contribution < -0.4 is 10.5 Å². The highest BCUT2D eigenvalue weighted by Crippen LogP contribution is 2.23. The molecule has 0 saturated carbocycles. The topological polar surface area (TPSA) is 70.1 Å². The maximum absolute atomic E-state index is 12.1. The van der Waals surface area contributed by atoms with E-state index in [0.29, 0.717) is 6.42 Å². The van der Waals surface area contributed by atoms with Gasteiger partial charge in [-0.05, 0) is 42.3 Å². The van der Waals surface area contributed by atoms with Crippen molar-refractivity contribution < 1.29 is 0 Å². The van der Waals surface area contributed by atoms with E-state index in [4.69, 9.17) is 0 Å². The third-order valence-electron chi connectivity index (χ3n) is 6.06. The number of pyridine rings is 2. The molecule has 7 nitrogen and oxygen atoms in total. The van der Waals surface area contributed by atoms with E-state index in [9.17, 15) is 4.79 Å². The molecule has 1 saturated heterocycles. The molecule has 30 heavy (non-hydrogen) atoms. The van der Waals surface area contributed by atoms with Gasteiger partial charge in [0.1, 0.15) is 0 Å². The van der Waals surface area contributed by atoms with Gasteiger partial charge >= 0.3 is 0 Å². The van der Waals surface area contributed by atoms with Crippen molar-refractivity contribution in [2.24, 2.45) is 7.05 Å². The summed E-state index contributed by atoms with van der Waals surface area (Å²) in [6, 6.07) is 10.5. The van der Waals surface area contributed by atoms with Gasteiger partial charge in [-0.25, -0.2) is 4.98 Å². The molecule has 154 valence electrons. The normalized spacial score (nSPS) is 15.3. The first-order valence-electron chi connectivity index (χ1n) is 10.5. The van der Waals surface area contributed by atoms with E-state index in [1.807, 2.05) is 32.6 Å². The molecular weight excluding hydrogens is 376 g/mol. The summed E-state index contributed by atoms with van der Waals surface area (Å²) in [4.78, 5) is 29.0. The SMILES string of the molecule is CCc1cc2ncc(CN3CCN(c4ccc5ncn(C)c5c4)CC3)cc2[nH]c1=O. The molecule has 3 aromatic heterocycles. The van der Waals surface area contributed by atoms with Gasteiger partial charge < -0.3 is 14.5 Å². The van der Waals surface area contributed by atoms with Gasteiger partial charge in [0, 0.05) is 57.2 Å². The Morgan fingerprint density at radius 1 is 1.03 bits per heavy atom. The number of aryl methyl sites for hydroxylation is 2. The maximum Gasteiger partial charge on any atom is 0.251 e. The van der Waals surface area contributed by atoms with Crippen molar-refractivity contribution in [2.45, 2.75) is 19.9 Å². The predicted octanol–water partition coefficient (Wildman–Crippen LogP) is 2.69. The molecule has 1 aliphatic rings. The van der Waals surface area contributed by atoms with Crippen LogP contribution in [-0.2, 0) is 20.0 Å². The fourth-order valence-corrected chi connectivity index (χ4v) is 4.25. The average Bonchev–Trinajstić information content (AvgIpc) is 3.14. The quantitative estimate of drug-likeness (QED) is 0.568. The second-order valence-electron chi connectivity index (χ2n) is 8.05. The number of hydrogen-bond acceptors (Lipinski definition) is 5. The third-order valence-corrected chi connectivity index (χ3v) is 6.06. The summed E-state index contributed by atoms with van der Waals surface area (Å²) in [5.41, 5.74) is 7.02. The highest BCUT2D eigenvalue weighted by molar-refractivity contribution is 5.80.